The number of ether oxygens (including phenoxy) is 2. The predicted molar refractivity (Wildman–Crippen MR) is 76.3 cm³/mol. The highest BCUT2D eigenvalue weighted by atomic mass is 19.4. The number of hydrogen-bond donors (Lipinski definition) is 1. The van der Waals surface area contributed by atoms with Gasteiger partial charge in [-0.05, 0) is 43.6 Å². The molecule has 0 aliphatic carbocycles. The summed E-state index contributed by atoms with van der Waals surface area (Å²) in [5.41, 5.74) is 0.148. The minimum atomic E-state index is -4.23. The summed E-state index contributed by atoms with van der Waals surface area (Å²) < 4.78 is 46.1. The Morgan fingerprint density at radius 2 is 1.90 bits per heavy atom. The van der Waals surface area contributed by atoms with Gasteiger partial charge in [0.15, 0.2) is 0 Å². The topological polar surface area (TPSA) is 30.5 Å². The lowest BCUT2D eigenvalue weighted by Gasteiger charge is -2.38. The summed E-state index contributed by atoms with van der Waals surface area (Å²) in [6.45, 7) is 6.71. The summed E-state index contributed by atoms with van der Waals surface area (Å²) in [5, 5.41) is 3.48. The van der Waals surface area contributed by atoms with Crippen molar-refractivity contribution in [3.63, 3.8) is 0 Å². The Labute approximate surface area is 125 Å². The molecule has 0 unspecified atom stereocenters. The van der Waals surface area contributed by atoms with E-state index in [1.807, 2.05) is 0 Å². The molecule has 1 fully saturated rings. The molecule has 0 saturated carbocycles. The largest absolute Gasteiger partial charge is 0.411 e. The smallest absolute Gasteiger partial charge is 0.381 e. The van der Waals surface area contributed by atoms with Gasteiger partial charge in [-0.25, -0.2) is 0 Å². The minimum Gasteiger partial charge on any atom is -0.381 e. The van der Waals surface area contributed by atoms with Gasteiger partial charge in [-0.3, -0.25) is 0 Å². The first-order chi connectivity index (χ1) is 9.83. The Morgan fingerprint density at radius 3 is 2.48 bits per heavy atom. The van der Waals surface area contributed by atoms with Crippen LogP contribution in [-0.2, 0) is 9.47 Å². The third-order valence-corrected chi connectivity index (χ3v) is 3.87. The maximum atomic E-state index is 12.0. The minimum absolute atomic E-state index is 0.148. The van der Waals surface area contributed by atoms with Gasteiger partial charge in [0, 0.05) is 26.4 Å². The van der Waals surface area contributed by atoms with Gasteiger partial charge in [0.1, 0.15) is 6.61 Å². The molecule has 1 heterocycles. The number of alkyl halides is 3. The van der Waals surface area contributed by atoms with Crippen LogP contribution < -0.4 is 5.32 Å². The molecule has 21 heavy (non-hydrogen) atoms. The third kappa shape index (κ3) is 8.63. The van der Waals surface area contributed by atoms with E-state index in [1.54, 1.807) is 0 Å². The van der Waals surface area contributed by atoms with E-state index in [9.17, 15) is 13.2 Å². The second-order valence-electron chi connectivity index (χ2n) is 6.41. The van der Waals surface area contributed by atoms with Crippen LogP contribution in [0.5, 0.6) is 0 Å². The molecule has 0 spiro atoms. The van der Waals surface area contributed by atoms with Gasteiger partial charge >= 0.3 is 6.18 Å². The molecule has 1 aliphatic heterocycles. The van der Waals surface area contributed by atoms with E-state index in [2.05, 4.69) is 19.2 Å². The molecule has 0 aromatic carbocycles. The summed E-state index contributed by atoms with van der Waals surface area (Å²) in [6.07, 6.45) is -0.733. The Bertz CT molecular complexity index is 277. The van der Waals surface area contributed by atoms with Crippen LogP contribution in [0, 0.1) is 11.3 Å². The van der Waals surface area contributed by atoms with Gasteiger partial charge in [0.05, 0.1) is 0 Å². The molecule has 1 rings (SSSR count). The van der Waals surface area contributed by atoms with Gasteiger partial charge in [-0.2, -0.15) is 13.2 Å². The van der Waals surface area contributed by atoms with Crippen molar-refractivity contribution < 1.29 is 22.6 Å². The van der Waals surface area contributed by atoms with Crippen LogP contribution in [0.3, 0.4) is 0 Å². The zero-order valence-corrected chi connectivity index (χ0v) is 13.1. The standard InChI is InChI=1S/C15H28F3NO2/c1-13(2)10-19-11-14(5-8-20-9-6-14)4-3-7-21-12-15(16,17)18/h13,19H,3-12H2,1-2H3. The molecule has 0 bridgehead atoms. The zero-order valence-electron chi connectivity index (χ0n) is 13.1. The molecule has 0 aromatic rings. The molecule has 1 aliphatic rings. The second-order valence-corrected chi connectivity index (χ2v) is 6.41. The second kappa shape index (κ2) is 8.96. The van der Waals surface area contributed by atoms with Crippen molar-refractivity contribution in [3.05, 3.63) is 0 Å². The van der Waals surface area contributed by atoms with Crippen molar-refractivity contribution in [3.8, 4) is 0 Å². The van der Waals surface area contributed by atoms with Gasteiger partial charge in [-0.1, -0.05) is 13.8 Å². The SMILES string of the molecule is CC(C)CNCC1(CCCOCC(F)(F)F)CCOCC1. The Morgan fingerprint density at radius 1 is 1.24 bits per heavy atom. The molecule has 6 heteroatoms. The van der Waals surface area contributed by atoms with Gasteiger partial charge in [0.2, 0.25) is 0 Å². The molecule has 0 aromatic heterocycles. The monoisotopic (exact) mass is 311 g/mol. The summed E-state index contributed by atoms with van der Waals surface area (Å²) in [6, 6.07) is 0. The van der Waals surface area contributed by atoms with E-state index in [-0.39, 0.29) is 12.0 Å². The van der Waals surface area contributed by atoms with Crippen LogP contribution in [0.25, 0.3) is 0 Å². The maximum Gasteiger partial charge on any atom is 0.411 e. The summed E-state index contributed by atoms with van der Waals surface area (Å²) in [4.78, 5) is 0. The van der Waals surface area contributed by atoms with E-state index in [0.717, 1.165) is 45.6 Å². The highest BCUT2D eigenvalue weighted by Crippen LogP contribution is 2.34. The van der Waals surface area contributed by atoms with Crippen molar-refractivity contribution in [2.24, 2.45) is 11.3 Å². The van der Waals surface area contributed by atoms with E-state index in [0.29, 0.717) is 12.3 Å². The molecule has 3 nitrogen and oxygen atoms in total. The van der Waals surface area contributed by atoms with Crippen LogP contribution in [0.15, 0.2) is 0 Å². The fourth-order valence-corrected chi connectivity index (χ4v) is 2.68. The fourth-order valence-electron chi connectivity index (χ4n) is 2.68. The van der Waals surface area contributed by atoms with Crippen LogP contribution in [-0.4, -0.2) is 45.7 Å². The molecular weight excluding hydrogens is 283 g/mol. The van der Waals surface area contributed by atoms with E-state index >= 15 is 0 Å². The fraction of sp³-hybridized carbons (Fsp3) is 1.00. The van der Waals surface area contributed by atoms with E-state index in [4.69, 9.17) is 9.47 Å². The first-order valence-corrected chi connectivity index (χ1v) is 7.76. The lowest BCUT2D eigenvalue weighted by Crippen LogP contribution is -2.40. The van der Waals surface area contributed by atoms with Gasteiger partial charge in [0.25, 0.3) is 0 Å². The van der Waals surface area contributed by atoms with Crippen LogP contribution in [0.4, 0.5) is 13.2 Å². The Balaban J connectivity index is 2.29. The zero-order chi connectivity index (χ0) is 15.8. The summed E-state index contributed by atoms with van der Waals surface area (Å²) in [7, 11) is 0. The number of halogens is 3. The van der Waals surface area contributed by atoms with Crippen molar-refractivity contribution in [1.82, 2.24) is 5.32 Å². The molecule has 0 radical (unpaired) electrons. The maximum absolute atomic E-state index is 12.0. The lowest BCUT2D eigenvalue weighted by atomic mass is 9.76. The highest BCUT2D eigenvalue weighted by molar-refractivity contribution is 4.84. The van der Waals surface area contributed by atoms with Gasteiger partial charge < -0.3 is 14.8 Å². The van der Waals surface area contributed by atoms with Crippen molar-refractivity contribution in [2.75, 3.05) is 39.5 Å². The average Bonchev–Trinajstić information content (AvgIpc) is 2.37. The van der Waals surface area contributed by atoms with Crippen LogP contribution in [0.2, 0.25) is 0 Å². The van der Waals surface area contributed by atoms with Crippen LogP contribution in [0.1, 0.15) is 39.5 Å². The quantitative estimate of drug-likeness (QED) is 0.662. The van der Waals surface area contributed by atoms with Crippen molar-refractivity contribution in [2.45, 2.75) is 45.7 Å². The van der Waals surface area contributed by atoms with E-state index in [1.165, 1.54) is 0 Å². The van der Waals surface area contributed by atoms with Crippen LogP contribution >= 0.6 is 0 Å². The molecular formula is C15H28F3NO2. The lowest BCUT2D eigenvalue weighted by molar-refractivity contribution is -0.174. The number of nitrogens with one attached hydrogen (secondary N) is 1. The summed E-state index contributed by atoms with van der Waals surface area (Å²) >= 11 is 0. The first-order valence-electron chi connectivity index (χ1n) is 7.76. The van der Waals surface area contributed by atoms with E-state index < -0.39 is 12.8 Å². The Kier molecular flexibility index (Phi) is 7.98. The molecule has 1 saturated heterocycles. The predicted octanol–water partition coefficient (Wildman–Crippen LogP) is 3.39. The molecule has 126 valence electrons. The number of hydrogen-bond acceptors (Lipinski definition) is 3. The number of rotatable bonds is 9. The highest BCUT2D eigenvalue weighted by Gasteiger charge is 2.32. The van der Waals surface area contributed by atoms with Gasteiger partial charge in [-0.15, -0.1) is 0 Å². The Hall–Kier alpha value is -0.330. The third-order valence-electron chi connectivity index (χ3n) is 3.87. The molecule has 1 N–H and O–H groups in total. The molecule has 0 atom stereocenters. The molecule has 0 amide bonds. The first kappa shape index (κ1) is 18.7. The summed E-state index contributed by atoms with van der Waals surface area (Å²) in [5.74, 6) is 0.594. The van der Waals surface area contributed by atoms with Crippen molar-refractivity contribution >= 4 is 0 Å². The normalized spacial score (nSPS) is 19.1. The average molecular weight is 311 g/mol. The van der Waals surface area contributed by atoms with Crippen molar-refractivity contribution in [1.29, 1.82) is 0 Å².